The Hall–Kier alpha value is -2.46. The predicted octanol–water partition coefficient (Wildman–Crippen LogP) is 4.08. The van der Waals surface area contributed by atoms with Crippen LogP contribution in [0.15, 0.2) is 53.0 Å². The van der Waals surface area contributed by atoms with Crippen molar-refractivity contribution in [3.8, 4) is 0 Å². The van der Waals surface area contributed by atoms with Crippen molar-refractivity contribution in [2.24, 2.45) is 0 Å². The zero-order valence-electron chi connectivity index (χ0n) is 19.6. The van der Waals surface area contributed by atoms with Crippen LogP contribution in [0.3, 0.4) is 0 Å². The first-order valence-electron chi connectivity index (χ1n) is 11.1. The lowest BCUT2D eigenvalue weighted by molar-refractivity contribution is -0.140. The molecule has 1 unspecified atom stereocenters. The van der Waals surface area contributed by atoms with E-state index in [1.54, 1.807) is 13.0 Å². The molecule has 0 fully saturated rings. The van der Waals surface area contributed by atoms with Gasteiger partial charge in [-0.3, -0.25) is 13.9 Å². The SMILES string of the molecule is CCCNC(=O)C(C)N(Cc1ccc(Br)cc1)C(=O)CCCN(c1ccccc1F)S(C)(=O)=O. The summed E-state index contributed by atoms with van der Waals surface area (Å²) in [6.07, 6.45) is 1.94. The van der Waals surface area contributed by atoms with Crippen molar-refractivity contribution >= 4 is 43.5 Å². The van der Waals surface area contributed by atoms with Gasteiger partial charge in [0.15, 0.2) is 0 Å². The summed E-state index contributed by atoms with van der Waals surface area (Å²) >= 11 is 3.38. The Labute approximate surface area is 209 Å². The van der Waals surface area contributed by atoms with Crippen molar-refractivity contribution in [2.75, 3.05) is 23.7 Å². The molecule has 0 heterocycles. The number of sulfonamides is 1. The summed E-state index contributed by atoms with van der Waals surface area (Å²) in [5, 5.41) is 2.81. The molecule has 0 aromatic heterocycles. The number of nitrogens with one attached hydrogen (secondary N) is 1. The van der Waals surface area contributed by atoms with E-state index >= 15 is 0 Å². The minimum absolute atomic E-state index is 0.00238. The average Bonchev–Trinajstić information content (AvgIpc) is 2.79. The number of amides is 2. The molecule has 0 spiro atoms. The van der Waals surface area contributed by atoms with Gasteiger partial charge in [-0.05, 0) is 49.6 Å². The van der Waals surface area contributed by atoms with E-state index in [9.17, 15) is 22.4 Å². The smallest absolute Gasteiger partial charge is 0.242 e. The van der Waals surface area contributed by atoms with Gasteiger partial charge in [0, 0.05) is 30.5 Å². The molecule has 0 aliphatic heterocycles. The molecule has 10 heteroatoms. The van der Waals surface area contributed by atoms with Gasteiger partial charge >= 0.3 is 0 Å². The highest BCUT2D eigenvalue weighted by molar-refractivity contribution is 9.10. The topological polar surface area (TPSA) is 86.8 Å². The highest BCUT2D eigenvalue weighted by atomic mass is 79.9. The third-order valence-electron chi connectivity index (χ3n) is 5.26. The number of benzene rings is 2. The van der Waals surface area contributed by atoms with Crippen LogP contribution in [0.5, 0.6) is 0 Å². The number of hydrogen-bond acceptors (Lipinski definition) is 4. The second kappa shape index (κ2) is 12.9. The Morgan fingerprint density at radius 3 is 2.35 bits per heavy atom. The molecule has 0 aliphatic rings. The molecule has 186 valence electrons. The molecular weight excluding hydrogens is 525 g/mol. The second-order valence-corrected chi connectivity index (χ2v) is 10.8. The molecule has 1 atom stereocenters. The summed E-state index contributed by atoms with van der Waals surface area (Å²) in [5.41, 5.74) is 0.798. The zero-order chi connectivity index (χ0) is 25.3. The largest absolute Gasteiger partial charge is 0.354 e. The number of hydrogen-bond donors (Lipinski definition) is 1. The third kappa shape index (κ3) is 8.09. The van der Waals surface area contributed by atoms with E-state index < -0.39 is 21.9 Å². The average molecular weight is 556 g/mol. The lowest BCUT2D eigenvalue weighted by atomic mass is 10.1. The Morgan fingerprint density at radius 1 is 1.12 bits per heavy atom. The van der Waals surface area contributed by atoms with E-state index in [2.05, 4.69) is 21.2 Å². The standard InChI is InChI=1S/C24H31BrFN3O4S/c1-4-15-27-24(31)18(2)28(17-19-11-13-20(25)14-12-19)23(30)10-7-16-29(34(3,32)33)22-9-6-5-8-21(22)26/h5-6,8-9,11-14,18H,4,7,10,15-17H2,1-3H3,(H,27,31). The first-order valence-corrected chi connectivity index (χ1v) is 13.7. The maximum absolute atomic E-state index is 14.2. The molecule has 0 aliphatic carbocycles. The van der Waals surface area contributed by atoms with Gasteiger partial charge in [-0.15, -0.1) is 0 Å². The Morgan fingerprint density at radius 2 is 1.76 bits per heavy atom. The Kier molecular flexibility index (Phi) is 10.5. The van der Waals surface area contributed by atoms with Crippen LogP contribution in [-0.2, 0) is 26.2 Å². The summed E-state index contributed by atoms with van der Waals surface area (Å²) in [7, 11) is -3.75. The van der Waals surface area contributed by atoms with Gasteiger partial charge in [-0.25, -0.2) is 12.8 Å². The van der Waals surface area contributed by atoms with Crippen LogP contribution in [0.1, 0.15) is 38.7 Å². The normalized spacial score (nSPS) is 12.1. The Bertz CT molecular complexity index is 1080. The lowest BCUT2D eigenvalue weighted by Gasteiger charge is -2.29. The van der Waals surface area contributed by atoms with Gasteiger partial charge < -0.3 is 10.2 Å². The summed E-state index contributed by atoms with van der Waals surface area (Å²) in [4.78, 5) is 27.2. The zero-order valence-corrected chi connectivity index (χ0v) is 22.0. The van der Waals surface area contributed by atoms with Gasteiger partial charge in [0.1, 0.15) is 11.9 Å². The van der Waals surface area contributed by atoms with Crippen molar-refractivity contribution in [3.05, 3.63) is 64.4 Å². The number of nitrogens with zero attached hydrogens (tertiary/aromatic N) is 2. The van der Waals surface area contributed by atoms with Crippen LogP contribution < -0.4 is 9.62 Å². The number of para-hydroxylation sites is 1. The van der Waals surface area contributed by atoms with Gasteiger partial charge in [0.2, 0.25) is 21.8 Å². The third-order valence-corrected chi connectivity index (χ3v) is 6.96. The number of carbonyl (C=O) groups excluding carboxylic acids is 2. The van der Waals surface area contributed by atoms with Crippen LogP contribution >= 0.6 is 15.9 Å². The number of carbonyl (C=O) groups is 2. The molecule has 7 nitrogen and oxygen atoms in total. The van der Waals surface area contributed by atoms with E-state index in [0.717, 1.165) is 27.0 Å². The van der Waals surface area contributed by atoms with Crippen molar-refractivity contribution in [1.29, 1.82) is 0 Å². The molecule has 0 saturated carbocycles. The fourth-order valence-electron chi connectivity index (χ4n) is 3.40. The van der Waals surface area contributed by atoms with Gasteiger partial charge in [0.05, 0.1) is 11.9 Å². The maximum Gasteiger partial charge on any atom is 0.242 e. The van der Waals surface area contributed by atoms with Gasteiger partial charge in [-0.1, -0.05) is 47.1 Å². The van der Waals surface area contributed by atoms with Crippen LogP contribution in [0.25, 0.3) is 0 Å². The van der Waals surface area contributed by atoms with E-state index in [1.807, 2.05) is 31.2 Å². The summed E-state index contributed by atoms with van der Waals surface area (Å²) < 4.78 is 40.6. The fraction of sp³-hybridized carbons (Fsp3) is 0.417. The van der Waals surface area contributed by atoms with E-state index in [0.29, 0.717) is 6.54 Å². The van der Waals surface area contributed by atoms with E-state index in [-0.39, 0.29) is 43.4 Å². The molecule has 0 bridgehead atoms. The van der Waals surface area contributed by atoms with Crippen LogP contribution in [0, 0.1) is 5.82 Å². The summed E-state index contributed by atoms with van der Waals surface area (Å²) in [6, 6.07) is 12.4. The van der Waals surface area contributed by atoms with E-state index in [1.165, 1.54) is 23.1 Å². The van der Waals surface area contributed by atoms with Crippen molar-refractivity contribution in [2.45, 2.75) is 45.7 Å². The molecule has 34 heavy (non-hydrogen) atoms. The summed E-state index contributed by atoms with van der Waals surface area (Å²) in [6.45, 7) is 4.29. The second-order valence-electron chi connectivity index (χ2n) is 8.01. The molecule has 2 rings (SSSR count). The molecule has 2 amide bonds. The molecule has 2 aromatic carbocycles. The lowest BCUT2D eigenvalue weighted by Crippen LogP contribution is -2.47. The van der Waals surface area contributed by atoms with Crippen LogP contribution in [-0.4, -0.2) is 50.5 Å². The van der Waals surface area contributed by atoms with Crippen molar-refractivity contribution in [3.63, 3.8) is 0 Å². The minimum atomic E-state index is -3.75. The highest BCUT2D eigenvalue weighted by Gasteiger charge is 2.27. The van der Waals surface area contributed by atoms with Crippen LogP contribution in [0.2, 0.25) is 0 Å². The molecule has 0 saturated heterocycles. The first kappa shape index (κ1) is 27.8. The number of rotatable bonds is 12. The van der Waals surface area contributed by atoms with Gasteiger partial charge in [-0.2, -0.15) is 0 Å². The number of halogens is 2. The van der Waals surface area contributed by atoms with Crippen LogP contribution in [0.4, 0.5) is 10.1 Å². The quantitative estimate of drug-likeness (QED) is 0.427. The van der Waals surface area contributed by atoms with E-state index in [4.69, 9.17) is 0 Å². The van der Waals surface area contributed by atoms with Gasteiger partial charge in [0.25, 0.3) is 0 Å². The molecule has 2 aromatic rings. The Balaban J connectivity index is 2.15. The summed E-state index contributed by atoms with van der Waals surface area (Å²) in [5.74, 6) is -1.20. The minimum Gasteiger partial charge on any atom is -0.354 e. The predicted molar refractivity (Wildman–Crippen MR) is 135 cm³/mol. The molecular formula is C24H31BrFN3O4S. The fourth-order valence-corrected chi connectivity index (χ4v) is 4.63. The van der Waals surface area contributed by atoms with Crippen molar-refractivity contribution < 1.29 is 22.4 Å². The highest BCUT2D eigenvalue weighted by Crippen LogP contribution is 2.22. The maximum atomic E-state index is 14.2. The first-order chi connectivity index (χ1) is 16.0. The molecule has 0 radical (unpaired) electrons. The molecule has 1 N–H and O–H groups in total. The number of anilines is 1. The van der Waals surface area contributed by atoms with Crippen molar-refractivity contribution in [1.82, 2.24) is 10.2 Å². The monoisotopic (exact) mass is 555 g/mol.